The van der Waals surface area contributed by atoms with E-state index >= 15 is 0 Å². The molecule has 1 heterocycles. The Hall–Kier alpha value is -3.48. The summed E-state index contributed by atoms with van der Waals surface area (Å²) in [7, 11) is 1.50. The largest absolute Gasteiger partial charge is 0.493 e. The molecule has 6 nitrogen and oxygen atoms in total. The lowest BCUT2D eigenvalue weighted by atomic mass is 10.1. The Balaban J connectivity index is 1.55. The van der Waals surface area contributed by atoms with Crippen LogP contribution >= 0.6 is 47.8 Å². The highest BCUT2D eigenvalue weighted by Crippen LogP contribution is 2.35. The lowest BCUT2D eigenvalue weighted by Gasteiger charge is -2.14. The van der Waals surface area contributed by atoms with Crippen molar-refractivity contribution in [1.29, 1.82) is 0 Å². The molecular weight excluding hydrogens is 747 g/mol. The summed E-state index contributed by atoms with van der Waals surface area (Å²) in [5.41, 5.74) is 0.474. The van der Waals surface area contributed by atoms with Crippen molar-refractivity contribution in [2.45, 2.75) is 12.8 Å². The van der Waals surface area contributed by atoms with Gasteiger partial charge in [0, 0.05) is 30.1 Å². The summed E-state index contributed by atoms with van der Waals surface area (Å²) in [5.74, 6) is 0.838. The number of fused-ring (bicyclic) bond motifs is 1. The molecule has 4 aromatic carbocycles. The van der Waals surface area contributed by atoms with E-state index in [0.29, 0.717) is 27.1 Å². The van der Waals surface area contributed by atoms with Crippen LogP contribution in [0.25, 0.3) is 22.3 Å². The fourth-order valence-electron chi connectivity index (χ4n) is 4.09. The Kier molecular flexibility index (Phi) is 8.86. The molecule has 0 radical (unpaired) electrons. The molecule has 0 saturated heterocycles. The van der Waals surface area contributed by atoms with Crippen LogP contribution in [0, 0.1) is 0 Å². The molecule has 0 aliphatic rings. The highest BCUT2D eigenvalue weighted by molar-refractivity contribution is 9.11. The highest BCUT2D eigenvalue weighted by Gasteiger charge is 2.31. The maximum atomic E-state index is 13.5. The van der Waals surface area contributed by atoms with Crippen molar-refractivity contribution in [1.82, 2.24) is 9.66 Å². The minimum Gasteiger partial charge on any atom is -0.493 e. The summed E-state index contributed by atoms with van der Waals surface area (Å²) in [6.45, 7) is 0.266. The number of hydrogen-bond donors (Lipinski definition) is 0. The van der Waals surface area contributed by atoms with Crippen LogP contribution in [0.15, 0.2) is 102 Å². The first-order chi connectivity index (χ1) is 20.0. The second-order valence-corrected chi connectivity index (χ2v) is 11.6. The van der Waals surface area contributed by atoms with Gasteiger partial charge in [-0.3, -0.25) is 4.79 Å². The molecular formula is C30H19Br3F3N3O3. The van der Waals surface area contributed by atoms with Crippen LogP contribution in [0.2, 0.25) is 0 Å². The summed E-state index contributed by atoms with van der Waals surface area (Å²) < 4.78 is 55.3. The van der Waals surface area contributed by atoms with Gasteiger partial charge in [-0.2, -0.15) is 22.9 Å². The van der Waals surface area contributed by atoms with E-state index in [1.54, 1.807) is 36.4 Å². The first-order valence-electron chi connectivity index (χ1n) is 12.2. The van der Waals surface area contributed by atoms with E-state index in [4.69, 9.17) is 9.47 Å². The standard InChI is InChI=1S/C30H19Br3F3N3O3/c1-41-26-12-19(24(33)14-27(26)42-16-18-9-10-21(31)13-23(18)32)15-37-39-28(17-5-4-6-20(11-17)30(34,35)36)38-25-8-3-2-7-22(25)29(39)40/h2-15H,16H2,1H3. The average Bonchev–Trinajstić information content (AvgIpc) is 2.96. The Morgan fingerprint density at radius 2 is 1.71 bits per heavy atom. The van der Waals surface area contributed by atoms with Crippen LogP contribution in [0.3, 0.4) is 0 Å². The van der Waals surface area contributed by atoms with Crippen LogP contribution < -0.4 is 15.0 Å². The number of alkyl halides is 3. The van der Waals surface area contributed by atoms with E-state index in [-0.39, 0.29) is 23.4 Å². The predicted octanol–water partition coefficient (Wildman–Crippen LogP) is 8.84. The third kappa shape index (κ3) is 6.45. The third-order valence-corrected chi connectivity index (χ3v) is 8.11. The van der Waals surface area contributed by atoms with Crippen LogP contribution in [0.5, 0.6) is 11.5 Å². The van der Waals surface area contributed by atoms with E-state index in [1.807, 2.05) is 18.2 Å². The number of nitrogens with zero attached hydrogens (tertiary/aromatic N) is 3. The number of hydrogen-bond acceptors (Lipinski definition) is 5. The normalized spacial score (nSPS) is 11.8. The van der Waals surface area contributed by atoms with Crippen LogP contribution in [0.1, 0.15) is 16.7 Å². The summed E-state index contributed by atoms with van der Waals surface area (Å²) in [4.78, 5) is 18.0. The monoisotopic (exact) mass is 763 g/mol. The number of methoxy groups -OCH3 is 1. The molecule has 0 aliphatic carbocycles. The minimum atomic E-state index is -4.57. The minimum absolute atomic E-state index is 0.0378. The topological polar surface area (TPSA) is 65.7 Å². The molecule has 0 bridgehead atoms. The fraction of sp³-hybridized carbons (Fsp3) is 0.100. The van der Waals surface area contributed by atoms with Gasteiger partial charge in [-0.15, -0.1) is 0 Å². The van der Waals surface area contributed by atoms with Crippen LogP contribution in [0.4, 0.5) is 13.2 Å². The van der Waals surface area contributed by atoms with Gasteiger partial charge in [0.1, 0.15) is 6.61 Å². The quantitative estimate of drug-likeness (QED) is 0.156. The SMILES string of the molecule is COc1cc(C=Nn2c(-c3cccc(C(F)(F)F)c3)nc3ccccc3c2=O)c(Br)cc1OCc1ccc(Br)cc1Br. The zero-order chi connectivity index (χ0) is 30.0. The smallest absolute Gasteiger partial charge is 0.416 e. The first kappa shape index (κ1) is 30.0. The van der Waals surface area contributed by atoms with Crippen molar-refractivity contribution >= 4 is 64.9 Å². The van der Waals surface area contributed by atoms with Gasteiger partial charge in [-0.25, -0.2) is 4.98 Å². The molecule has 0 unspecified atom stereocenters. The van der Waals surface area contributed by atoms with Crippen molar-refractivity contribution in [3.05, 3.63) is 119 Å². The summed E-state index contributed by atoms with van der Waals surface area (Å²) in [5, 5.41) is 4.64. The number of rotatable bonds is 7. The lowest BCUT2D eigenvalue weighted by Crippen LogP contribution is -2.20. The zero-order valence-electron chi connectivity index (χ0n) is 21.6. The highest BCUT2D eigenvalue weighted by atomic mass is 79.9. The van der Waals surface area contributed by atoms with Crippen LogP contribution in [-0.2, 0) is 12.8 Å². The van der Waals surface area contributed by atoms with Gasteiger partial charge in [-0.1, -0.05) is 62.2 Å². The first-order valence-corrected chi connectivity index (χ1v) is 14.6. The van der Waals surface area contributed by atoms with Gasteiger partial charge >= 0.3 is 6.18 Å². The molecule has 5 rings (SSSR count). The molecule has 0 saturated carbocycles. The molecule has 0 N–H and O–H groups in total. The zero-order valence-corrected chi connectivity index (χ0v) is 26.4. The predicted molar refractivity (Wildman–Crippen MR) is 166 cm³/mol. The number of benzene rings is 4. The van der Waals surface area contributed by atoms with Crippen molar-refractivity contribution in [3.8, 4) is 22.9 Å². The van der Waals surface area contributed by atoms with E-state index in [0.717, 1.165) is 31.3 Å². The van der Waals surface area contributed by atoms with Crippen molar-refractivity contribution in [2.24, 2.45) is 5.10 Å². The number of ether oxygens (including phenoxy) is 2. The maximum Gasteiger partial charge on any atom is 0.416 e. The maximum absolute atomic E-state index is 13.5. The summed E-state index contributed by atoms with van der Waals surface area (Å²) in [6, 6.07) is 20.3. The van der Waals surface area contributed by atoms with Gasteiger partial charge in [0.05, 0.1) is 29.8 Å². The van der Waals surface area contributed by atoms with E-state index < -0.39 is 17.3 Å². The molecule has 0 amide bonds. The number of para-hydroxylation sites is 1. The molecule has 5 aromatic rings. The van der Waals surface area contributed by atoms with Crippen LogP contribution in [-0.4, -0.2) is 23.0 Å². The second kappa shape index (κ2) is 12.4. The van der Waals surface area contributed by atoms with Gasteiger partial charge in [0.15, 0.2) is 17.3 Å². The van der Waals surface area contributed by atoms with Gasteiger partial charge < -0.3 is 9.47 Å². The Morgan fingerprint density at radius 1 is 0.929 bits per heavy atom. The number of aromatic nitrogens is 2. The molecule has 1 aromatic heterocycles. The van der Waals surface area contributed by atoms with E-state index in [2.05, 4.69) is 57.9 Å². The molecule has 12 heteroatoms. The van der Waals surface area contributed by atoms with Crippen molar-refractivity contribution in [3.63, 3.8) is 0 Å². The Bertz CT molecular complexity index is 1890. The second-order valence-electron chi connectivity index (χ2n) is 8.94. The molecule has 0 aliphatic heterocycles. The molecule has 42 heavy (non-hydrogen) atoms. The Morgan fingerprint density at radius 3 is 2.45 bits per heavy atom. The van der Waals surface area contributed by atoms with E-state index in [9.17, 15) is 18.0 Å². The molecule has 0 spiro atoms. The van der Waals surface area contributed by atoms with Gasteiger partial charge in [0.2, 0.25) is 0 Å². The van der Waals surface area contributed by atoms with Gasteiger partial charge in [-0.05, 0) is 64.5 Å². The van der Waals surface area contributed by atoms with Crippen molar-refractivity contribution < 1.29 is 22.6 Å². The lowest BCUT2D eigenvalue weighted by molar-refractivity contribution is -0.137. The van der Waals surface area contributed by atoms with Crippen molar-refractivity contribution in [2.75, 3.05) is 7.11 Å². The molecule has 214 valence electrons. The summed E-state index contributed by atoms with van der Waals surface area (Å²) >= 11 is 10.5. The fourth-order valence-corrected chi connectivity index (χ4v) is 5.67. The Labute approximate surface area is 263 Å². The molecule has 0 fully saturated rings. The van der Waals surface area contributed by atoms with Gasteiger partial charge in [0.25, 0.3) is 5.56 Å². The number of halogens is 6. The summed E-state index contributed by atoms with van der Waals surface area (Å²) in [6.07, 6.45) is -3.17. The molecule has 0 atom stereocenters. The van der Waals surface area contributed by atoms with E-state index in [1.165, 1.54) is 25.5 Å². The third-order valence-electron chi connectivity index (χ3n) is 6.20. The average molecular weight is 766 g/mol.